The van der Waals surface area contributed by atoms with Crippen molar-refractivity contribution < 1.29 is 14.3 Å². The van der Waals surface area contributed by atoms with Crippen LogP contribution < -0.4 is 0 Å². The molecule has 0 amide bonds. The van der Waals surface area contributed by atoms with Gasteiger partial charge < -0.3 is 5.11 Å². The predicted octanol–water partition coefficient (Wildman–Crippen LogP) is 4.99. The van der Waals surface area contributed by atoms with Gasteiger partial charge in [-0.1, -0.05) is 32.3 Å². The lowest BCUT2D eigenvalue weighted by Gasteiger charge is -2.29. The van der Waals surface area contributed by atoms with Crippen molar-refractivity contribution in [1.29, 1.82) is 0 Å². The van der Waals surface area contributed by atoms with Crippen LogP contribution in [0.15, 0.2) is 18.2 Å². The third-order valence-electron chi connectivity index (χ3n) is 4.51. The van der Waals surface area contributed by atoms with Crippen LogP contribution in [0.25, 0.3) is 0 Å². The standard InChI is InChI=1S/C17H23FO2/c1-2-3-4-12-5-7-13(8-6-12)14-9-10-15(17(19)20)16(18)11-14/h9-13H,2-8H2,1H3,(H,19,20). The summed E-state index contributed by atoms with van der Waals surface area (Å²) in [6.07, 6.45) is 8.50. The smallest absolute Gasteiger partial charge is 0.338 e. The summed E-state index contributed by atoms with van der Waals surface area (Å²) in [5, 5.41) is 8.84. The van der Waals surface area contributed by atoms with Crippen molar-refractivity contribution in [3.8, 4) is 0 Å². The largest absolute Gasteiger partial charge is 0.478 e. The van der Waals surface area contributed by atoms with E-state index in [4.69, 9.17) is 5.11 Å². The lowest BCUT2D eigenvalue weighted by atomic mass is 9.77. The first-order chi connectivity index (χ1) is 9.61. The number of hydrogen-bond donors (Lipinski definition) is 1. The van der Waals surface area contributed by atoms with Crippen molar-refractivity contribution in [2.45, 2.75) is 57.8 Å². The van der Waals surface area contributed by atoms with Crippen LogP contribution in [0.4, 0.5) is 4.39 Å². The molecular weight excluding hydrogens is 255 g/mol. The van der Waals surface area contributed by atoms with E-state index in [0.29, 0.717) is 5.92 Å². The van der Waals surface area contributed by atoms with Crippen molar-refractivity contribution in [3.63, 3.8) is 0 Å². The minimum atomic E-state index is -1.20. The van der Waals surface area contributed by atoms with Gasteiger partial charge in [-0.25, -0.2) is 9.18 Å². The summed E-state index contributed by atoms with van der Waals surface area (Å²) in [4.78, 5) is 10.8. The van der Waals surface area contributed by atoms with Crippen LogP contribution in [0.2, 0.25) is 0 Å². The molecule has 1 N–H and O–H groups in total. The number of hydrogen-bond acceptors (Lipinski definition) is 1. The molecule has 2 nitrogen and oxygen atoms in total. The highest BCUT2D eigenvalue weighted by atomic mass is 19.1. The number of carboxylic acids is 1. The molecule has 0 atom stereocenters. The van der Waals surface area contributed by atoms with E-state index in [2.05, 4.69) is 6.92 Å². The first-order valence-electron chi connectivity index (χ1n) is 7.64. The Morgan fingerprint density at radius 1 is 1.30 bits per heavy atom. The summed E-state index contributed by atoms with van der Waals surface area (Å²) in [6, 6.07) is 4.60. The van der Waals surface area contributed by atoms with E-state index in [1.807, 2.05) is 0 Å². The fourth-order valence-electron chi connectivity index (χ4n) is 3.24. The minimum absolute atomic E-state index is 0.231. The average Bonchev–Trinajstić information content (AvgIpc) is 2.45. The minimum Gasteiger partial charge on any atom is -0.478 e. The van der Waals surface area contributed by atoms with Crippen molar-refractivity contribution in [2.24, 2.45) is 5.92 Å². The van der Waals surface area contributed by atoms with Crippen LogP contribution in [0.1, 0.15) is 73.7 Å². The van der Waals surface area contributed by atoms with Crippen LogP contribution in [0.5, 0.6) is 0 Å². The highest BCUT2D eigenvalue weighted by molar-refractivity contribution is 5.87. The predicted molar refractivity (Wildman–Crippen MR) is 77.6 cm³/mol. The summed E-state index contributed by atoms with van der Waals surface area (Å²) >= 11 is 0. The molecule has 0 unspecified atom stereocenters. The van der Waals surface area contributed by atoms with E-state index in [9.17, 15) is 9.18 Å². The van der Waals surface area contributed by atoms with Gasteiger partial charge in [0.2, 0.25) is 0 Å². The third-order valence-corrected chi connectivity index (χ3v) is 4.51. The zero-order valence-electron chi connectivity index (χ0n) is 12.1. The Hall–Kier alpha value is -1.38. The number of rotatable bonds is 5. The van der Waals surface area contributed by atoms with Gasteiger partial charge in [0.15, 0.2) is 0 Å². The third kappa shape index (κ3) is 3.59. The zero-order chi connectivity index (χ0) is 14.5. The van der Waals surface area contributed by atoms with Gasteiger partial charge in [-0.05, 0) is 55.2 Å². The fourth-order valence-corrected chi connectivity index (χ4v) is 3.24. The topological polar surface area (TPSA) is 37.3 Å². The van der Waals surface area contributed by atoms with Crippen LogP contribution >= 0.6 is 0 Å². The second kappa shape index (κ2) is 6.87. The van der Waals surface area contributed by atoms with Crippen molar-refractivity contribution in [1.82, 2.24) is 0 Å². The lowest BCUT2D eigenvalue weighted by Crippen LogP contribution is -2.14. The summed E-state index contributed by atoms with van der Waals surface area (Å²) in [7, 11) is 0. The molecular formula is C17H23FO2. The number of aromatic carboxylic acids is 1. The monoisotopic (exact) mass is 278 g/mol. The molecule has 110 valence electrons. The van der Waals surface area contributed by atoms with Gasteiger partial charge >= 0.3 is 5.97 Å². The molecule has 2 rings (SSSR count). The normalized spacial score (nSPS) is 22.7. The number of benzene rings is 1. The second-order valence-electron chi connectivity index (χ2n) is 5.90. The number of carbonyl (C=O) groups is 1. The van der Waals surface area contributed by atoms with E-state index < -0.39 is 11.8 Å². The quantitative estimate of drug-likeness (QED) is 0.824. The van der Waals surface area contributed by atoms with Crippen molar-refractivity contribution in [2.75, 3.05) is 0 Å². The molecule has 1 aromatic carbocycles. The Labute approximate surface area is 120 Å². The summed E-state index contributed by atoms with van der Waals surface area (Å²) < 4.78 is 13.7. The van der Waals surface area contributed by atoms with Gasteiger partial charge in [0.05, 0.1) is 5.56 Å². The zero-order valence-corrected chi connectivity index (χ0v) is 12.1. The number of unbranched alkanes of at least 4 members (excludes halogenated alkanes) is 1. The Kier molecular flexibility index (Phi) is 5.16. The number of carboxylic acid groups (broad SMARTS) is 1. The molecule has 20 heavy (non-hydrogen) atoms. The van der Waals surface area contributed by atoms with E-state index >= 15 is 0 Å². The first kappa shape index (κ1) is 15.0. The molecule has 1 fully saturated rings. The van der Waals surface area contributed by atoms with E-state index in [1.54, 1.807) is 6.07 Å². The molecule has 0 heterocycles. The van der Waals surface area contributed by atoms with E-state index in [-0.39, 0.29) is 5.56 Å². The molecule has 0 aliphatic heterocycles. The van der Waals surface area contributed by atoms with Gasteiger partial charge in [-0.15, -0.1) is 0 Å². The van der Waals surface area contributed by atoms with E-state index in [1.165, 1.54) is 44.2 Å². The van der Waals surface area contributed by atoms with Crippen LogP contribution in [-0.4, -0.2) is 11.1 Å². The fraction of sp³-hybridized carbons (Fsp3) is 0.588. The van der Waals surface area contributed by atoms with Gasteiger partial charge in [0.1, 0.15) is 5.82 Å². The summed E-state index contributed by atoms with van der Waals surface area (Å²) in [5.74, 6) is -0.583. The van der Waals surface area contributed by atoms with Crippen molar-refractivity contribution in [3.05, 3.63) is 35.1 Å². The van der Waals surface area contributed by atoms with E-state index in [0.717, 1.165) is 24.3 Å². The molecule has 0 radical (unpaired) electrons. The molecule has 3 heteroatoms. The van der Waals surface area contributed by atoms with Gasteiger partial charge in [0, 0.05) is 0 Å². The maximum atomic E-state index is 13.7. The number of halogens is 1. The van der Waals surface area contributed by atoms with Gasteiger partial charge in [-0.2, -0.15) is 0 Å². The molecule has 1 aromatic rings. The Morgan fingerprint density at radius 3 is 2.55 bits per heavy atom. The Morgan fingerprint density at radius 2 is 2.00 bits per heavy atom. The second-order valence-corrected chi connectivity index (χ2v) is 5.90. The molecule has 0 spiro atoms. The summed E-state index contributed by atoms with van der Waals surface area (Å²) in [5.41, 5.74) is 0.729. The van der Waals surface area contributed by atoms with Crippen LogP contribution in [0, 0.1) is 11.7 Å². The van der Waals surface area contributed by atoms with Crippen molar-refractivity contribution >= 4 is 5.97 Å². The molecule has 1 saturated carbocycles. The van der Waals surface area contributed by atoms with Crippen LogP contribution in [-0.2, 0) is 0 Å². The molecule has 0 saturated heterocycles. The van der Waals surface area contributed by atoms with Gasteiger partial charge in [0.25, 0.3) is 0 Å². The SMILES string of the molecule is CCCCC1CCC(c2ccc(C(=O)O)c(F)c2)CC1. The van der Waals surface area contributed by atoms with Gasteiger partial charge in [-0.3, -0.25) is 0 Å². The van der Waals surface area contributed by atoms with Crippen LogP contribution in [0.3, 0.4) is 0 Å². The summed E-state index contributed by atoms with van der Waals surface area (Å²) in [6.45, 7) is 2.22. The molecule has 1 aliphatic rings. The highest BCUT2D eigenvalue weighted by Crippen LogP contribution is 2.38. The molecule has 0 aromatic heterocycles. The lowest BCUT2D eigenvalue weighted by molar-refractivity contribution is 0.0692. The highest BCUT2D eigenvalue weighted by Gasteiger charge is 2.23. The molecule has 0 bridgehead atoms. The Bertz CT molecular complexity index is 462. The average molecular weight is 278 g/mol. The maximum absolute atomic E-state index is 13.7. The molecule has 1 aliphatic carbocycles. The maximum Gasteiger partial charge on any atom is 0.338 e. The Balaban J connectivity index is 1.97. The first-order valence-corrected chi connectivity index (χ1v) is 7.64.